The van der Waals surface area contributed by atoms with Crippen LogP contribution < -0.4 is 5.32 Å². The molecule has 0 fully saturated rings. The molecule has 0 aromatic carbocycles. The highest BCUT2D eigenvalue weighted by Gasteiger charge is 2.18. The summed E-state index contributed by atoms with van der Waals surface area (Å²) in [5.41, 5.74) is 0. The number of carbonyl (C=O) groups is 2. The summed E-state index contributed by atoms with van der Waals surface area (Å²) in [4.78, 5) is 24.6. The zero-order chi connectivity index (χ0) is 56.4. The first-order valence-corrected chi connectivity index (χ1v) is 35.3. The van der Waals surface area contributed by atoms with Crippen LogP contribution in [0.3, 0.4) is 0 Å². The largest absolute Gasteiger partial charge is 0.466 e. The van der Waals surface area contributed by atoms with E-state index in [-0.39, 0.29) is 18.5 Å². The molecule has 0 aliphatic heterocycles. The fraction of sp³-hybridized carbons (Fsp3) is 0.889. The highest BCUT2D eigenvalue weighted by atomic mass is 16.5. The van der Waals surface area contributed by atoms with Gasteiger partial charge in [0.25, 0.3) is 0 Å². The molecule has 6 heteroatoms. The zero-order valence-corrected chi connectivity index (χ0v) is 52.7. The Hall–Kier alpha value is -1.92. The maximum Gasteiger partial charge on any atom is 0.305 e. The third-order valence-corrected chi connectivity index (χ3v) is 16.4. The Morgan fingerprint density at radius 1 is 0.359 bits per heavy atom. The van der Waals surface area contributed by atoms with Crippen LogP contribution in [-0.2, 0) is 14.3 Å². The van der Waals surface area contributed by atoms with Crippen LogP contribution in [0.5, 0.6) is 0 Å². The molecule has 0 aromatic heterocycles. The average Bonchev–Trinajstić information content (AvgIpc) is 3.44. The minimum Gasteiger partial charge on any atom is -0.466 e. The number of aliphatic hydroxyl groups is 2. The van der Waals surface area contributed by atoms with E-state index >= 15 is 0 Å². The molecule has 0 radical (unpaired) electrons. The van der Waals surface area contributed by atoms with Gasteiger partial charge in [-0.1, -0.05) is 346 Å². The highest BCUT2D eigenvalue weighted by molar-refractivity contribution is 5.76. The van der Waals surface area contributed by atoms with Crippen molar-refractivity contribution in [3.8, 4) is 0 Å². The van der Waals surface area contributed by atoms with Gasteiger partial charge in [0, 0.05) is 12.8 Å². The molecule has 0 bridgehead atoms. The number of hydrogen-bond donors (Lipinski definition) is 3. The van der Waals surface area contributed by atoms with Gasteiger partial charge >= 0.3 is 5.97 Å². The van der Waals surface area contributed by atoms with Crippen molar-refractivity contribution < 1.29 is 24.5 Å². The molecular weight excluding hydrogens is 959 g/mol. The van der Waals surface area contributed by atoms with Crippen molar-refractivity contribution >= 4 is 11.9 Å². The maximum absolute atomic E-state index is 12.5. The molecule has 460 valence electrons. The summed E-state index contributed by atoms with van der Waals surface area (Å²) in [6.45, 7) is 4.90. The van der Waals surface area contributed by atoms with Gasteiger partial charge in [-0.15, -0.1) is 0 Å². The van der Waals surface area contributed by atoms with Gasteiger partial charge in [0.2, 0.25) is 5.91 Å². The quantitative estimate of drug-likeness (QED) is 0.0320. The van der Waals surface area contributed by atoms with E-state index in [9.17, 15) is 19.8 Å². The van der Waals surface area contributed by atoms with E-state index < -0.39 is 12.1 Å². The molecule has 0 aliphatic rings. The van der Waals surface area contributed by atoms with E-state index in [2.05, 4.69) is 43.5 Å². The second kappa shape index (κ2) is 67.6. The van der Waals surface area contributed by atoms with Gasteiger partial charge in [-0.3, -0.25) is 9.59 Å². The molecule has 3 N–H and O–H groups in total. The fourth-order valence-electron chi connectivity index (χ4n) is 11.0. The Bertz CT molecular complexity index is 1260. The van der Waals surface area contributed by atoms with Crippen LogP contribution in [0, 0.1) is 0 Å². The van der Waals surface area contributed by atoms with Gasteiger partial charge in [0.1, 0.15) is 0 Å². The summed E-state index contributed by atoms with van der Waals surface area (Å²) in [6, 6.07) is -0.631. The van der Waals surface area contributed by atoms with E-state index in [1.807, 2.05) is 6.08 Å². The molecule has 2 unspecified atom stereocenters. The van der Waals surface area contributed by atoms with Gasteiger partial charge in [-0.05, 0) is 64.2 Å². The van der Waals surface area contributed by atoms with Gasteiger partial charge in [0.15, 0.2) is 0 Å². The van der Waals surface area contributed by atoms with Crippen LogP contribution in [0.2, 0.25) is 0 Å². The second-order valence-electron chi connectivity index (χ2n) is 24.2. The lowest BCUT2D eigenvalue weighted by molar-refractivity contribution is -0.143. The highest BCUT2D eigenvalue weighted by Crippen LogP contribution is 2.19. The van der Waals surface area contributed by atoms with Crippen molar-refractivity contribution in [2.45, 2.75) is 398 Å². The molecule has 0 aromatic rings. The lowest BCUT2D eigenvalue weighted by Gasteiger charge is -2.20. The number of nitrogens with one attached hydrogen (secondary N) is 1. The standard InChI is InChI=1S/C72H137NO5/c1-3-5-7-9-11-13-15-17-19-20-21-22-23-24-25-27-30-33-37-40-44-48-52-56-60-64-70(75)69(68-74)73-71(76)65-61-57-53-49-45-41-38-34-31-28-26-29-32-35-39-43-47-51-55-59-63-67-78-72(77)66-62-58-54-50-46-42-36-18-16-14-12-10-8-6-4-2/h12,14,18,36,60,64,69-70,74-75H,3-11,13,15-17,19-35,37-59,61-63,65-68H2,1-2H3,(H,73,76)/b14-12-,36-18-,64-60+. The zero-order valence-electron chi connectivity index (χ0n) is 52.7. The lowest BCUT2D eigenvalue weighted by Crippen LogP contribution is -2.45. The van der Waals surface area contributed by atoms with E-state index in [1.54, 1.807) is 6.08 Å². The number of allylic oxidation sites excluding steroid dienone is 5. The van der Waals surface area contributed by atoms with E-state index in [4.69, 9.17) is 4.74 Å². The van der Waals surface area contributed by atoms with Gasteiger partial charge < -0.3 is 20.3 Å². The predicted octanol–water partition coefficient (Wildman–Crippen LogP) is 22.7. The van der Waals surface area contributed by atoms with Crippen LogP contribution in [0.25, 0.3) is 0 Å². The topological polar surface area (TPSA) is 95.9 Å². The number of unbranched alkanes of at least 4 members (excludes halogenated alkanes) is 51. The Kier molecular flexibility index (Phi) is 65.9. The van der Waals surface area contributed by atoms with Crippen LogP contribution >= 0.6 is 0 Å². The Morgan fingerprint density at radius 2 is 0.641 bits per heavy atom. The molecule has 78 heavy (non-hydrogen) atoms. The average molecular weight is 1100 g/mol. The van der Waals surface area contributed by atoms with Crippen molar-refractivity contribution in [1.82, 2.24) is 5.32 Å². The molecule has 6 nitrogen and oxygen atoms in total. The third-order valence-electron chi connectivity index (χ3n) is 16.4. The fourth-order valence-corrected chi connectivity index (χ4v) is 11.0. The van der Waals surface area contributed by atoms with Crippen molar-refractivity contribution in [1.29, 1.82) is 0 Å². The summed E-state index contributed by atoms with van der Waals surface area (Å²) >= 11 is 0. The summed E-state index contributed by atoms with van der Waals surface area (Å²) in [7, 11) is 0. The minimum absolute atomic E-state index is 0.00198. The first kappa shape index (κ1) is 76.1. The summed E-state index contributed by atoms with van der Waals surface area (Å²) in [5, 5.41) is 23.3. The number of carbonyl (C=O) groups excluding carboxylic acids is 2. The Labute approximate surface area is 487 Å². The van der Waals surface area contributed by atoms with E-state index in [0.29, 0.717) is 19.4 Å². The van der Waals surface area contributed by atoms with Crippen molar-refractivity contribution in [3.05, 3.63) is 36.5 Å². The number of rotatable bonds is 66. The van der Waals surface area contributed by atoms with Gasteiger partial charge in [-0.25, -0.2) is 0 Å². The van der Waals surface area contributed by atoms with Crippen LogP contribution in [0.15, 0.2) is 36.5 Å². The molecule has 0 heterocycles. The molecule has 0 saturated heterocycles. The Morgan fingerprint density at radius 3 is 1.00 bits per heavy atom. The second-order valence-corrected chi connectivity index (χ2v) is 24.2. The molecule has 2 atom stereocenters. The number of hydrogen-bond acceptors (Lipinski definition) is 5. The molecule has 0 saturated carbocycles. The minimum atomic E-state index is -0.847. The monoisotopic (exact) mass is 1100 g/mol. The molecule has 0 aliphatic carbocycles. The summed E-state index contributed by atoms with van der Waals surface area (Å²) < 4.78 is 5.48. The summed E-state index contributed by atoms with van der Waals surface area (Å²) in [5.74, 6) is -0.0671. The van der Waals surface area contributed by atoms with Crippen molar-refractivity contribution in [2.75, 3.05) is 13.2 Å². The van der Waals surface area contributed by atoms with Crippen LogP contribution in [0.4, 0.5) is 0 Å². The normalized spacial score (nSPS) is 12.7. The first-order chi connectivity index (χ1) is 38.5. The summed E-state index contributed by atoms with van der Waals surface area (Å²) in [6.07, 6.45) is 86.4. The lowest BCUT2D eigenvalue weighted by atomic mass is 10.0. The van der Waals surface area contributed by atoms with Gasteiger partial charge in [-0.2, -0.15) is 0 Å². The SMILES string of the molecule is CCCCC/C=C\C/C=C\CCCCCCCC(=O)OCCCCCCCCCCCCCCCCCCCCCCCC(=O)NC(CO)C(O)/C=C/CCCCCCCCCCCCCCCCCCCCCCCCC. The molecule has 0 spiro atoms. The maximum atomic E-state index is 12.5. The third kappa shape index (κ3) is 63.3. The van der Waals surface area contributed by atoms with Crippen LogP contribution in [-0.4, -0.2) is 47.4 Å². The predicted molar refractivity (Wildman–Crippen MR) is 343 cm³/mol. The van der Waals surface area contributed by atoms with Crippen molar-refractivity contribution in [2.24, 2.45) is 0 Å². The van der Waals surface area contributed by atoms with E-state index in [1.165, 1.54) is 308 Å². The number of aliphatic hydroxyl groups excluding tert-OH is 2. The smallest absolute Gasteiger partial charge is 0.305 e. The molecule has 1 amide bonds. The number of amides is 1. The number of esters is 1. The molecule has 0 rings (SSSR count). The molecular formula is C72H137NO5. The van der Waals surface area contributed by atoms with Crippen molar-refractivity contribution in [3.63, 3.8) is 0 Å². The van der Waals surface area contributed by atoms with Crippen LogP contribution in [0.1, 0.15) is 386 Å². The number of ether oxygens (including phenoxy) is 1. The van der Waals surface area contributed by atoms with E-state index in [0.717, 1.165) is 51.4 Å². The Balaban J connectivity index is 3.42. The van der Waals surface area contributed by atoms with Gasteiger partial charge in [0.05, 0.1) is 25.4 Å². The first-order valence-electron chi connectivity index (χ1n) is 35.3.